The summed E-state index contributed by atoms with van der Waals surface area (Å²) in [6.07, 6.45) is 1.94. The lowest BCUT2D eigenvalue weighted by atomic mass is 10.2. The van der Waals surface area contributed by atoms with E-state index >= 15 is 0 Å². The van der Waals surface area contributed by atoms with E-state index in [-0.39, 0.29) is 25.8 Å². The van der Waals surface area contributed by atoms with Crippen LogP contribution in [0.15, 0.2) is 36.4 Å². The van der Waals surface area contributed by atoms with Crippen molar-refractivity contribution in [3.63, 3.8) is 0 Å². The Morgan fingerprint density at radius 3 is 2.69 bits per heavy atom. The van der Waals surface area contributed by atoms with Crippen LogP contribution in [0, 0.1) is 0 Å². The van der Waals surface area contributed by atoms with E-state index in [4.69, 9.17) is 15.8 Å². The van der Waals surface area contributed by atoms with Gasteiger partial charge in [-0.15, -0.1) is 0 Å². The molecule has 152 valence electrons. The van der Waals surface area contributed by atoms with Crippen LogP contribution in [0.5, 0.6) is 0 Å². The topological polar surface area (TPSA) is 125 Å². The third-order valence-electron chi connectivity index (χ3n) is 5.02. The van der Waals surface area contributed by atoms with Crippen LogP contribution in [0.2, 0.25) is 0 Å². The number of primary amides is 1. The molecule has 1 aliphatic rings. The van der Waals surface area contributed by atoms with Crippen molar-refractivity contribution in [3.05, 3.63) is 42.1 Å². The number of fused-ring (bicyclic) bond motifs is 1. The van der Waals surface area contributed by atoms with Crippen LogP contribution in [-0.4, -0.2) is 44.5 Å². The predicted molar refractivity (Wildman–Crippen MR) is 115 cm³/mol. The van der Waals surface area contributed by atoms with Crippen LogP contribution in [0.1, 0.15) is 25.0 Å². The molecular formula is C20H23N5O3S. The standard InChI is InChI=1S/C20H21N5O3.H2S/c21-17(28)15-7-4-10-25(15)20-14-11-13(8-9-16(26)27)22-19(14)23-18(24-20)12-5-2-1-3-6-12;/h1-3,5-6,11,15H,4,7-10H2,(H2,21,28)(H,26,27)(H,22,23,24);1H2/t15-;/m0./s1. The molecule has 1 saturated heterocycles. The minimum atomic E-state index is -0.858. The lowest BCUT2D eigenvalue weighted by Crippen LogP contribution is -2.40. The Labute approximate surface area is 174 Å². The summed E-state index contributed by atoms with van der Waals surface area (Å²) in [6.45, 7) is 0.684. The molecule has 1 amide bonds. The summed E-state index contributed by atoms with van der Waals surface area (Å²) in [4.78, 5) is 37.4. The van der Waals surface area contributed by atoms with Crippen molar-refractivity contribution in [1.82, 2.24) is 15.0 Å². The van der Waals surface area contributed by atoms with Gasteiger partial charge in [0.05, 0.1) is 11.8 Å². The van der Waals surface area contributed by atoms with E-state index in [1.54, 1.807) is 0 Å². The molecular weight excluding hydrogens is 390 g/mol. The van der Waals surface area contributed by atoms with Gasteiger partial charge in [-0.1, -0.05) is 30.3 Å². The van der Waals surface area contributed by atoms with Gasteiger partial charge < -0.3 is 20.7 Å². The number of aliphatic carboxylic acids is 1. The van der Waals surface area contributed by atoms with Gasteiger partial charge in [-0.05, 0) is 25.3 Å². The van der Waals surface area contributed by atoms with Crippen LogP contribution in [0.4, 0.5) is 5.82 Å². The third-order valence-corrected chi connectivity index (χ3v) is 5.02. The van der Waals surface area contributed by atoms with Gasteiger partial charge in [0.15, 0.2) is 5.82 Å². The molecule has 0 unspecified atom stereocenters. The van der Waals surface area contributed by atoms with Crippen LogP contribution >= 0.6 is 13.5 Å². The number of H-pyrrole nitrogens is 1. The van der Waals surface area contributed by atoms with Crippen molar-refractivity contribution in [3.8, 4) is 11.4 Å². The molecule has 3 aromatic rings. The molecule has 9 heteroatoms. The fourth-order valence-electron chi connectivity index (χ4n) is 3.68. The second kappa shape index (κ2) is 8.52. The summed E-state index contributed by atoms with van der Waals surface area (Å²) in [5.41, 5.74) is 7.87. The molecule has 2 aromatic heterocycles. The van der Waals surface area contributed by atoms with E-state index in [2.05, 4.69) is 9.97 Å². The summed E-state index contributed by atoms with van der Waals surface area (Å²) in [7, 11) is 0. The first-order valence-corrected chi connectivity index (χ1v) is 9.26. The van der Waals surface area contributed by atoms with Gasteiger partial charge in [0.25, 0.3) is 0 Å². The molecule has 0 saturated carbocycles. The first-order valence-electron chi connectivity index (χ1n) is 9.26. The fraction of sp³-hybridized carbons (Fsp3) is 0.300. The van der Waals surface area contributed by atoms with Crippen molar-refractivity contribution >= 4 is 42.2 Å². The maximum atomic E-state index is 11.9. The zero-order valence-electron chi connectivity index (χ0n) is 15.8. The van der Waals surface area contributed by atoms with E-state index in [0.717, 1.165) is 23.1 Å². The predicted octanol–water partition coefficient (Wildman–Crippen LogP) is 2.21. The number of nitrogens with zero attached hydrogens (tertiary/aromatic N) is 3. The number of carbonyl (C=O) groups excluding carboxylic acids is 1. The summed E-state index contributed by atoms with van der Waals surface area (Å²) in [6, 6.07) is 11.1. The van der Waals surface area contributed by atoms with E-state index in [1.807, 2.05) is 41.3 Å². The molecule has 1 aliphatic heterocycles. The molecule has 0 bridgehead atoms. The Hall–Kier alpha value is -3.07. The molecule has 8 nitrogen and oxygen atoms in total. The highest BCUT2D eigenvalue weighted by molar-refractivity contribution is 7.59. The molecule has 0 aliphatic carbocycles. The van der Waals surface area contributed by atoms with Crippen molar-refractivity contribution in [2.45, 2.75) is 31.7 Å². The number of anilines is 1. The second-order valence-corrected chi connectivity index (χ2v) is 6.94. The van der Waals surface area contributed by atoms with E-state index in [0.29, 0.717) is 36.7 Å². The third kappa shape index (κ3) is 4.19. The summed E-state index contributed by atoms with van der Waals surface area (Å²) in [5, 5.41) is 9.74. The van der Waals surface area contributed by atoms with Crippen molar-refractivity contribution in [2.24, 2.45) is 5.73 Å². The number of carboxylic acid groups (broad SMARTS) is 1. The van der Waals surface area contributed by atoms with Crippen molar-refractivity contribution in [2.75, 3.05) is 11.4 Å². The maximum absolute atomic E-state index is 11.9. The number of amides is 1. The molecule has 29 heavy (non-hydrogen) atoms. The summed E-state index contributed by atoms with van der Waals surface area (Å²) < 4.78 is 0. The van der Waals surface area contributed by atoms with Gasteiger partial charge in [-0.3, -0.25) is 9.59 Å². The number of hydrogen-bond acceptors (Lipinski definition) is 5. The highest BCUT2D eigenvalue weighted by Gasteiger charge is 2.32. The monoisotopic (exact) mass is 413 g/mol. The Balaban J connectivity index is 0.00000240. The minimum Gasteiger partial charge on any atom is -0.481 e. The SMILES string of the molecule is NC(=O)[C@@H]1CCCN1c1nc(-c2ccccc2)nc2[nH]c(CCC(=O)O)cc12.S. The van der Waals surface area contributed by atoms with Gasteiger partial charge in [0.2, 0.25) is 5.91 Å². The van der Waals surface area contributed by atoms with Gasteiger partial charge in [-0.25, -0.2) is 9.97 Å². The molecule has 0 radical (unpaired) electrons. The number of rotatable bonds is 6. The molecule has 3 heterocycles. The Morgan fingerprint density at radius 1 is 1.24 bits per heavy atom. The maximum Gasteiger partial charge on any atom is 0.303 e. The molecule has 1 fully saturated rings. The average molecular weight is 414 g/mol. The smallest absolute Gasteiger partial charge is 0.303 e. The van der Waals surface area contributed by atoms with Gasteiger partial charge in [0, 0.05) is 17.8 Å². The Kier molecular flexibility index (Phi) is 6.07. The Morgan fingerprint density at radius 2 is 2.00 bits per heavy atom. The van der Waals surface area contributed by atoms with E-state index in [9.17, 15) is 9.59 Å². The van der Waals surface area contributed by atoms with E-state index < -0.39 is 12.0 Å². The number of nitrogens with two attached hydrogens (primary N) is 1. The number of aromatic nitrogens is 3. The normalized spacial score (nSPS) is 16.0. The number of benzene rings is 1. The molecule has 4 rings (SSSR count). The lowest BCUT2D eigenvalue weighted by Gasteiger charge is -2.24. The quantitative estimate of drug-likeness (QED) is 0.569. The number of nitrogens with one attached hydrogen (secondary N) is 1. The van der Waals surface area contributed by atoms with Gasteiger partial charge in [-0.2, -0.15) is 13.5 Å². The van der Waals surface area contributed by atoms with Crippen LogP contribution in [0.3, 0.4) is 0 Å². The lowest BCUT2D eigenvalue weighted by molar-refractivity contribution is -0.137. The molecule has 1 aromatic carbocycles. The molecule has 0 spiro atoms. The summed E-state index contributed by atoms with van der Waals surface area (Å²) >= 11 is 0. The van der Waals surface area contributed by atoms with Crippen LogP contribution in [-0.2, 0) is 16.0 Å². The first kappa shape index (κ1) is 20.7. The minimum absolute atomic E-state index is 0. The second-order valence-electron chi connectivity index (χ2n) is 6.94. The highest BCUT2D eigenvalue weighted by atomic mass is 32.1. The summed E-state index contributed by atoms with van der Waals surface area (Å²) in [5.74, 6) is -0.0248. The molecule has 1 atom stereocenters. The molecule has 4 N–H and O–H groups in total. The van der Waals surface area contributed by atoms with E-state index in [1.165, 1.54) is 0 Å². The van der Waals surface area contributed by atoms with Crippen molar-refractivity contribution < 1.29 is 14.7 Å². The first-order chi connectivity index (χ1) is 13.5. The zero-order valence-corrected chi connectivity index (χ0v) is 16.8. The fourth-order valence-corrected chi connectivity index (χ4v) is 3.68. The number of aryl methyl sites for hydroxylation is 1. The van der Waals surface area contributed by atoms with Gasteiger partial charge >= 0.3 is 5.97 Å². The Bertz CT molecular complexity index is 1040. The largest absolute Gasteiger partial charge is 0.481 e. The van der Waals surface area contributed by atoms with Crippen molar-refractivity contribution in [1.29, 1.82) is 0 Å². The van der Waals surface area contributed by atoms with Crippen LogP contribution < -0.4 is 10.6 Å². The number of carboxylic acids is 1. The number of carbonyl (C=O) groups is 2. The number of hydrogen-bond donors (Lipinski definition) is 3. The zero-order chi connectivity index (χ0) is 19.7. The average Bonchev–Trinajstić information content (AvgIpc) is 3.33. The number of aromatic amines is 1. The highest BCUT2D eigenvalue weighted by Crippen LogP contribution is 2.33. The van der Waals surface area contributed by atoms with Gasteiger partial charge in [0.1, 0.15) is 17.5 Å². The van der Waals surface area contributed by atoms with Crippen LogP contribution in [0.25, 0.3) is 22.4 Å².